The number of hydrogen-bond acceptors (Lipinski definition) is 5. The number of rotatable bonds is 4. The lowest BCUT2D eigenvalue weighted by Gasteiger charge is -2.29. The Labute approximate surface area is 182 Å². The van der Waals surface area contributed by atoms with Crippen LogP contribution >= 0.6 is 28.1 Å². The molecule has 1 N–H and O–H groups in total. The van der Waals surface area contributed by atoms with Gasteiger partial charge in [0.05, 0.1) is 19.9 Å². The van der Waals surface area contributed by atoms with E-state index >= 15 is 0 Å². The van der Waals surface area contributed by atoms with E-state index in [1.54, 1.807) is 12.1 Å². The van der Waals surface area contributed by atoms with Crippen molar-refractivity contribution in [3.63, 3.8) is 0 Å². The predicted octanol–water partition coefficient (Wildman–Crippen LogP) is 3.91. The molecule has 1 fully saturated rings. The Morgan fingerprint density at radius 3 is 2.17 bits per heavy atom. The van der Waals surface area contributed by atoms with Gasteiger partial charge >= 0.3 is 0 Å². The smallest absolute Gasteiger partial charge is 0.270 e. The zero-order chi connectivity index (χ0) is 21.3. The van der Waals surface area contributed by atoms with E-state index in [0.717, 1.165) is 11.1 Å². The number of nitrogens with one attached hydrogen (secondary N) is 1. The quantitative estimate of drug-likeness (QED) is 0.413. The van der Waals surface area contributed by atoms with Crippen LogP contribution < -0.4 is 19.7 Å². The minimum atomic E-state index is -0.553. The van der Waals surface area contributed by atoms with Crippen molar-refractivity contribution in [2.75, 3.05) is 19.1 Å². The topological polar surface area (TPSA) is 67.9 Å². The van der Waals surface area contributed by atoms with Gasteiger partial charge in [-0.15, -0.1) is 0 Å². The Kier molecular flexibility index (Phi) is 6.04. The van der Waals surface area contributed by atoms with Crippen molar-refractivity contribution in [3.05, 3.63) is 57.1 Å². The fourth-order valence-corrected chi connectivity index (χ4v) is 3.83. The van der Waals surface area contributed by atoms with Crippen LogP contribution in [0.4, 0.5) is 5.69 Å². The van der Waals surface area contributed by atoms with E-state index in [1.165, 1.54) is 25.2 Å². The molecule has 2 aromatic rings. The Morgan fingerprint density at radius 1 is 1.00 bits per heavy atom. The van der Waals surface area contributed by atoms with Gasteiger partial charge in [-0.1, -0.05) is 22.0 Å². The second kappa shape index (κ2) is 8.34. The van der Waals surface area contributed by atoms with Gasteiger partial charge in [-0.2, -0.15) is 0 Å². The molecule has 0 bridgehead atoms. The largest absolute Gasteiger partial charge is 0.493 e. The van der Waals surface area contributed by atoms with E-state index in [4.69, 9.17) is 21.7 Å². The summed E-state index contributed by atoms with van der Waals surface area (Å²) in [6, 6.07) is 9.08. The third-order valence-corrected chi connectivity index (χ3v) is 5.34. The molecule has 0 radical (unpaired) electrons. The van der Waals surface area contributed by atoms with E-state index in [0.29, 0.717) is 27.2 Å². The fraction of sp³-hybridized carbons (Fsp3) is 0.190. The SMILES string of the molecule is COc1cc(Br)c(/C=C2\C(=O)NC(=S)N(c3cc(C)cc(C)c3)C2=O)cc1OC. The van der Waals surface area contributed by atoms with Crippen molar-refractivity contribution < 1.29 is 19.1 Å². The van der Waals surface area contributed by atoms with Crippen LogP contribution in [0.25, 0.3) is 6.08 Å². The molecule has 2 aromatic carbocycles. The van der Waals surface area contributed by atoms with Crippen LogP contribution in [0.5, 0.6) is 11.5 Å². The summed E-state index contributed by atoms with van der Waals surface area (Å²) < 4.78 is 11.2. The number of anilines is 1. The molecule has 29 heavy (non-hydrogen) atoms. The third kappa shape index (κ3) is 4.18. The van der Waals surface area contributed by atoms with Crippen LogP contribution in [0.15, 0.2) is 40.4 Å². The van der Waals surface area contributed by atoms with Crippen molar-refractivity contribution in [1.29, 1.82) is 0 Å². The highest BCUT2D eigenvalue weighted by Gasteiger charge is 2.34. The zero-order valence-corrected chi connectivity index (χ0v) is 18.7. The highest BCUT2D eigenvalue weighted by Crippen LogP contribution is 2.35. The maximum Gasteiger partial charge on any atom is 0.270 e. The molecule has 8 heteroatoms. The highest BCUT2D eigenvalue weighted by molar-refractivity contribution is 9.10. The molecule has 0 atom stereocenters. The number of thiocarbonyl (C=S) groups is 1. The van der Waals surface area contributed by atoms with Crippen LogP contribution in [0.2, 0.25) is 0 Å². The number of amides is 2. The van der Waals surface area contributed by atoms with Crippen LogP contribution in [0.1, 0.15) is 16.7 Å². The Morgan fingerprint density at radius 2 is 1.59 bits per heavy atom. The summed E-state index contributed by atoms with van der Waals surface area (Å²) in [5.74, 6) is -0.0420. The first-order chi connectivity index (χ1) is 13.7. The van der Waals surface area contributed by atoms with Gasteiger partial charge in [0.15, 0.2) is 16.6 Å². The number of halogens is 1. The summed E-state index contributed by atoms with van der Waals surface area (Å²) in [5, 5.41) is 2.65. The molecule has 0 saturated carbocycles. The molecule has 1 aliphatic rings. The first-order valence-corrected chi connectivity index (χ1v) is 9.86. The van der Waals surface area contributed by atoms with Crippen LogP contribution in [-0.2, 0) is 9.59 Å². The molecule has 1 saturated heterocycles. The molecular weight excluding hydrogens is 456 g/mol. The van der Waals surface area contributed by atoms with E-state index in [1.807, 2.05) is 32.0 Å². The first kappa shape index (κ1) is 21.0. The van der Waals surface area contributed by atoms with Gasteiger partial charge in [-0.05, 0) is 73.1 Å². The molecule has 2 amide bonds. The lowest BCUT2D eigenvalue weighted by Crippen LogP contribution is -2.54. The molecule has 1 heterocycles. The first-order valence-electron chi connectivity index (χ1n) is 8.66. The number of carbonyl (C=O) groups excluding carboxylic acids is 2. The third-order valence-electron chi connectivity index (χ3n) is 4.37. The molecule has 6 nitrogen and oxygen atoms in total. The van der Waals surface area contributed by atoms with Crippen molar-refractivity contribution in [2.45, 2.75) is 13.8 Å². The standard InChI is InChI=1S/C21H19BrN2O4S/c1-11-5-12(2)7-14(6-11)24-20(26)15(19(25)23-21(24)29)8-13-9-17(27-3)18(28-4)10-16(13)22/h5-10H,1-4H3,(H,23,25,29)/b15-8+. The molecule has 0 spiro atoms. The van der Waals surface area contributed by atoms with Gasteiger partial charge in [-0.25, -0.2) is 0 Å². The number of benzene rings is 2. The van der Waals surface area contributed by atoms with E-state index in [-0.39, 0.29) is 10.7 Å². The summed E-state index contributed by atoms with van der Waals surface area (Å²) in [7, 11) is 3.05. The minimum absolute atomic E-state index is 0.0364. The highest BCUT2D eigenvalue weighted by atomic mass is 79.9. The fourth-order valence-electron chi connectivity index (χ4n) is 3.11. The number of carbonyl (C=O) groups is 2. The van der Waals surface area contributed by atoms with Gasteiger partial charge in [0, 0.05) is 4.47 Å². The lowest BCUT2D eigenvalue weighted by atomic mass is 10.1. The van der Waals surface area contributed by atoms with Gasteiger partial charge < -0.3 is 9.47 Å². The average Bonchev–Trinajstić information content (AvgIpc) is 2.64. The summed E-state index contributed by atoms with van der Waals surface area (Å²) in [6.07, 6.45) is 1.50. The maximum absolute atomic E-state index is 13.2. The lowest BCUT2D eigenvalue weighted by molar-refractivity contribution is -0.122. The van der Waals surface area contributed by atoms with Gasteiger partial charge in [0.25, 0.3) is 11.8 Å². The molecule has 0 aromatic heterocycles. The molecule has 0 aliphatic carbocycles. The van der Waals surface area contributed by atoms with E-state index in [9.17, 15) is 9.59 Å². The summed E-state index contributed by atoms with van der Waals surface area (Å²) >= 11 is 8.71. The number of aryl methyl sites for hydroxylation is 2. The number of nitrogens with zero attached hydrogens (tertiary/aromatic N) is 1. The second-order valence-electron chi connectivity index (χ2n) is 6.53. The number of hydrogen-bond donors (Lipinski definition) is 1. The number of ether oxygens (including phenoxy) is 2. The summed E-state index contributed by atoms with van der Waals surface area (Å²) in [5.41, 5.74) is 3.14. The maximum atomic E-state index is 13.2. The van der Waals surface area contributed by atoms with Gasteiger partial charge in [0.2, 0.25) is 0 Å². The molecule has 0 unspecified atom stereocenters. The van der Waals surface area contributed by atoms with Crippen molar-refractivity contribution >= 4 is 56.8 Å². The molecule has 3 rings (SSSR count). The van der Waals surface area contributed by atoms with Crippen LogP contribution in [0, 0.1) is 13.8 Å². The normalized spacial score (nSPS) is 15.6. The monoisotopic (exact) mass is 474 g/mol. The Hall–Kier alpha value is -2.71. The molecule has 150 valence electrons. The predicted molar refractivity (Wildman–Crippen MR) is 119 cm³/mol. The molecular formula is C21H19BrN2O4S. The van der Waals surface area contributed by atoms with Crippen molar-refractivity contribution in [1.82, 2.24) is 5.32 Å². The van der Waals surface area contributed by atoms with E-state index < -0.39 is 11.8 Å². The number of methoxy groups -OCH3 is 2. The van der Waals surface area contributed by atoms with Gasteiger partial charge in [0.1, 0.15) is 5.57 Å². The average molecular weight is 475 g/mol. The van der Waals surface area contributed by atoms with Gasteiger partial charge in [-0.3, -0.25) is 19.8 Å². The minimum Gasteiger partial charge on any atom is -0.493 e. The Balaban J connectivity index is 2.08. The van der Waals surface area contributed by atoms with Crippen LogP contribution in [-0.4, -0.2) is 31.1 Å². The summed E-state index contributed by atoms with van der Waals surface area (Å²) in [4.78, 5) is 27.1. The zero-order valence-electron chi connectivity index (χ0n) is 16.3. The summed E-state index contributed by atoms with van der Waals surface area (Å²) in [6.45, 7) is 3.87. The Bertz CT molecular complexity index is 1040. The van der Waals surface area contributed by atoms with Crippen molar-refractivity contribution in [2.24, 2.45) is 0 Å². The molecule has 1 aliphatic heterocycles. The van der Waals surface area contributed by atoms with Crippen molar-refractivity contribution in [3.8, 4) is 11.5 Å². The second-order valence-corrected chi connectivity index (χ2v) is 7.77. The van der Waals surface area contributed by atoms with E-state index in [2.05, 4.69) is 21.2 Å². The van der Waals surface area contributed by atoms with Crippen LogP contribution in [0.3, 0.4) is 0 Å².